The van der Waals surface area contributed by atoms with E-state index in [2.05, 4.69) is 4.98 Å². The van der Waals surface area contributed by atoms with Crippen LogP contribution in [0.25, 0.3) is 0 Å². The van der Waals surface area contributed by atoms with Crippen LogP contribution in [0.4, 0.5) is 8.78 Å². The van der Waals surface area contributed by atoms with E-state index in [0.29, 0.717) is 5.56 Å². The van der Waals surface area contributed by atoms with Crippen molar-refractivity contribution in [2.45, 2.75) is 13.0 Å². The third-order valence-corrected chi connectivity index (χ3v) is 2.37. The Morgan fingerprint density at radius 1 is 1.22 bits per heavy atom. The standard InChI is InChI=1S/C13H11F2NO2/c1-8(17)9-5-6-12(16-7-9)18-11-4-2-3-10(14)13(11)15/h2-8,17H,1H3. The monoisotopic (exact) mass is 251 g/mol. The zero-order valence-corrected chi connectivity index (χ0v) is 9.60. The molecule has 2 rings (SSSR count). The van der Waals surface area contributed by atoms with Gasteiger partial charge in [-0.15, -0.1) is 0 Å². The molecule has 1 aromatic carbocycles. The van der Waals surface area contributed by atoms with Gasteiger partial charge in [-0.2, -0.15) is 4.39 Å². The van der Waals surface area contributed by atoms with Crippen LogP contribution in [0.2, 0.25) is 0 Å². The summed E-state index contributed by atoms with van der Waals surface area (Å²) in [5, 5.41) is 9.29. The van der Waals surface area contributed by atoms with Crippen molar-refractivity contribution in [2.75, 3.05) is 0 Å². The van der Waals surface area contributed by atoms with Crippen LogP contribution >= 0.6 is 0 Å². The zero-order valence-electron chi connectivity index (χ0n) is 9.60. The van der Waals surface area contributed by atoms with Gasteiger partial charge in [-0.05, 0) is 30.7 Å². The lowest BCUT2D eigenvalue weighted by Gasteiger charge is -2.08. The van der Waals surface area contributed by atoms with Gasteiger partial charge in [-0.25, -0.2) is 9.37 Å². The number of halogens is 2. The number of nitrogens with zero attached hydrogens (tertiary/aromatic N) is 1. The Morgan fingerprint density at radius 3 is 2.61 bits per heavy atom. The largest absolute Gasteiger partial charge is 0.436 e. The number of aromatic nitrogens is 1. The molecule has 5 heteroatoms. The zero-order chi connectivity index (χ0) is 13.1. The van der Waals surface area contributed by atoms with Crippen molar-refractivity contribution in [3.8, 4) is 11.6 Å². The highest BCUT2D eigenvalue weighted by Gasteiger charge is 2.10. The maximum atomic E-state index is 13.3. The molecule has 0 fully saturated rings. The summed E-state index contributed by atoms with van der Waals surface area (Å²) in [5.41, 5.74) is 0.613. The summed E-state index contributed by atoms with van der Waals surface area (Å²) >= 11 is 0. The number of ether oxygens (including phenoxy) is 1. The van der Waals surface area contributed by atoms with Crippen molar-refractivity contribution in [1.82, 2.24) is 4.98 Å². The molecule has 1 atom stereocenters. The minimum Gasteiger partial charge on any atom is -0.436 e. The number of aliphatic hydroxyl groups is 1. The van der Waals surface area contributed by atoms with E-state index in [4.69, 9.17) is 4.74 Å². The van der Waals surface area contributed by atoms with Crippen molar-refractivity contribution < 1.29 is 18.6 Å². The lowest BCUT2D eigenvalue weighted by Crippen LogP contribution is -1.95. The quantitative estimate of drug-likeness (QED) is 0.910. The molecule has 0 spiro atoms. The van der Waals surface area contributed by atoms with Gasteiger partial charge in [-0.1, -0.05) is 6.07 Å². The number of rotatable bonds is 3. The summed E-state index contributed by atoms with van der Waals surface area (Å²) < 4.78 is 31.4. The van der Waals surface area contributed by atoms with E-state index in [1.807, 2.05) is 0 Å². The van der Waals surface area contributed by atoms with Gasteiger partial charge in [0.25, 0.3) is 0 Å². The maximum absolute atomic E-state index is 13.3. The molecule has 3 nitrogen and oxygen atoms in total. The molecular formula is C13H11F2NO2. The fourth-order valence-corrected chi connectivity index (χ4v) is 1.37. The third kappa shape index (κ3) is 2.62. The summed E-state index contributed by atoms with van der Waals surface area (Å²) in [7, 11) is 0. The Kier molecular flexibility index (Phi) is 3.53. The van der Waals surface area contributed by atoms with E-state index in [1.54, 1.807) is 13.0 Å². The smallest absolute Gasteiger partial charge is 0.219 e. The van der Waals surface area contributed by atoms with Crippen LogP contribution in [0.15, 0.2) is 36.5 Å². The second kappa shape index (κ2) is 5.10. The lowest BCUT2D eigenvalue weighted by molar-refractivity contribution is 0.198. The second-order valence-electron chi connectivity index (χ2n) is 3.76. The Bertz CT molecular complexity index is 541. The molecule has 1 heterocycles. The normalized spacial score (nSPS) is 12.2. The van der Waals surface area contributed by atoms with E-state index in [9.17, 15) is 13.9 Å². The molecule has 0 aliphatic rings. The summed E-state index contributed by atoms with van der Waals surface area (Å²) in [5.74, 6) is -2.14. The number of pyridine rings is 1. The van der Waals surface area contributed by atoms with Gasteiger partial charge in [0.1, 0.15) is 0 Å². The summed E-state index contributed by atoms with van der Waals surface area (Å²) in [6.07, 6.45) is 0.773. The summed E-state index contributed by atoms with van der Waals surface area (Å²) in [4.78, 5) is 3.89. The van der Waals surface area contributed by atoms with Gasteiger partial charge in [-0.3, -0.25) is 0 Å². The molecule has 1 unspecified atom stereocenters. The molecule has 1 N–H and O–H groups in total. The predicted octanol–water partition coefficient (Wildman–Crippen LogP) is 3.21. The number of benzene rings is 1. The number of aliphatic hydroxyl groups excluding tert-OH is 1. The van der Waals surface area contributed by atoms with Crippen LogP contribution in [-0.2, 0) is 0 Å². The van der Waals surface area contributed by atoms with Crippen LogP contribution in [0.1, 0.15) is 18.6 Å². The first-order valence-electron chi connectivity index (χ1n) is 5.34. The second-order valence-corrected chi connectivity index (χ2v) is 3.76. The molecule has 1 aromatic heterocycles. The molecular weight excluding hydrogens is 240 g/mol. The third-order valence-electron chi connectivity index (χ3n) is 2.37. The first-order chi connectivity index (χ1) is 8.58. The minimum atomic E-state index is -1.06. The Hall–Kier alpha value is -2.01. The van der Waals surface area contributed by atoms with Gasteiger partial charge < -0.3 is 9.84 Å². The van der Waals surface area contributed by atoms with Gasteiger partial charge in [0.2, 0.25) is 11.7 Å². The van der Waals surface area contributed by atoms with Crippen LogP contribution in [0.3, 0.4) is 0 Å². The van der Waals surface area contributed by atoms with Gasteiger partial charge in [0, 0.05) is 12.3 Å². The van der Waals surface area contributed by atoms with E-state index >= 15 is 0 Å². The van der Waals surface area contributed by atoms with Crippen molar-refractivity contribution >= 4 is 0 Å². The highest BCUT2D eigenvalue weighted by molar-refractivity contribution is 5.30. The predicted molar refractivity (Wildman–Crippen MR) is 61.3 cm³/mol. The first kappa shape index (κ1) is 12.4. The molecule has 94 valence electrons. The molecule has 0 aliphatic heterocycles. The molecule has 18 heavy (non-hydrogen) atoms. The average Bonchev–Trinajstić information content (AvgIpc) is 2.36. The molecule has 2 aromatic rings. The van der Waals surface area contributed by atoms with Gasteiger partial charge in [0.15, 0.2) is 11.6 Å². The Morgan fingerprint density at radius 2 is 2.00 bits per heavy atom. The molecule has 0 amide bonds. The molecule has 0 bridgehead atoms. The first-order valence-corrected chi connectivity index (χ1v) is 5.34. The maximum Gasteiger partial charge on any atom is 0.219 e. The number of hydrogen-bond donors (Lipinski definition) is 1. The van der Waals surface area contributed by atoms with Gasteiger partial charge in [0.05, 0.1) is 6.10 Å². The van der Waals surface area contributed by atoms with Crippen LogP contribution < -0.4 is 4.74 Å². The molecule has 0 radical (unpaired) electrons. The summed E-state index contributed by atoms with van der Waals surface area (Å²) in [6, 6.07) is 6.74. The average molecular weight is 251 g/mol. The molecule has 0 saturated heterocycles. The molecule has 0 saturated carbocycles. The van der Waals surface area contributed by atoms with Crippen molar-refractivity contribution in [3.05, 3.63) is 53.7 Å². The lowest BCUT2D eigenvalue weighted by atomic mass is 10.2. The SMILES string of the molecule is CC(O)c1ccc(Oc2cccc(F)c2F)nc1. The Balaban J connectivity index is 2.21. The Labute approximate surface area is 103 Å². The van der Waals surface area contributed by atoms with Crippen LogP contribution in [-0.4, -0.2) is 10.1 Å². The van der Waals surface area contributed by atoms with Crippen molar-refractivity contribution in [1.29, 1.82) is 0 Å². The van der Waals surface area contributed by atoms with E-state index in [0.717, 1.165) is 6.07 Å². The van der Waals surface area contributed by atoms with Crippen molar-refractivity contribution in [3.63, 3.8) is 0 Å². The number of hydrogen-bond acceptors (Lipinski definition) is 3. The van der Waals surface area contributed by atoms with Gasteiger partial charge >= 0.3 is 0 Å². The highest BCUT2D eigenvalue weighted by Crippen LogP contribution is 2.25. The van der Waals surface area contributed by atoms with Crippen molar-refractivity contribution in [2.24, 2.45) is 0 Å². The highest BCUT2D eigenvalue weighted by atomic mass is 19.2. The van der Waals surface area contributed by atoms with E-state index in [1.165, 1.54) is 24.4 Å². The van der Waals surface area contributed by atoms with Crippen LogP contribution in [0, 0.1) is 11.6 Å². The fraction of sp³-hybridized carbons (Fsp3) is 0.154. The molecule has 0 aliphatic carbocycles. The minimum absolute atomic E-state index is 0.129. The topological polar surface area (TPSA) is 42.4 Å². The fourth-order valence-electron chi connectivity index (χ4n) is 1.37. The van der Waals surface area contributed by atoms with E-state index < -0.39 is 17.7 Å². The van der Waals surface area contributed by atoms with Crippen LogP contribution in [0.5, 0.6) is 11.6 Å². The summed E-state index contributed by atoms with van der Waals surface area (Å²) in [6.45, 7) is 1.60. The van der Waals surface area contributed by atoms with E-state index in [-0.39, 0.29) is 11.6 Å².